The fourth-order valence-electron chi connectivity index (χ4n) is 2.61. The zero-order valence-electron chi connectivity index (χ0n) is 12.7. The highest BCUT2D eigenvalue weighted by Crippen LogP contribution is 2.12. The summed E-state index contributed by atoms with van der Waals surface area (Å²) in [5.41, 5.74) is 0.841. The minimum atomic E-state index is -0.514. The lowest BCUT2D eigenvalue weighted by atomic mass is 10.2. The van der Waals surface area contributed by atoms with Gasteiger partial charge in [0.25, 0.3) is 0 Å². The van der Waals surface area contributed by atoms with Crippen molar-refractivity contribution in [2.24, 2.45) is 0 Å². The second-order valence-electron chi connectivity index (χ2n) is 5.18. The maximum atomic E-state index is 12.4. The Labute approximate surface area is 124 Å². The third kappa shape index (κ3) is 3.59. The zero-order chi connectivity index (χ0) is 15.2. The smallest absolute Gasteiger partial charge is 0.360 e. The first-order valence-electron chi connectivity index (χ1n) is 7.45. The highest BCUT2D eigenvalue weighted by Gasteiger charge is 2.22. The molecule has 0 aromatic carbocycles. The van der Waals surface area contributed by atoms with Crippen molar-refractivity contribution in [1.29, 1.82) is 0 Å². The van der Waals surface area contributed by atoms with Crippen LogP contribution in [0.5, 0.6) is 0 Å². The van der Waals surface area contributed by atoms with E-state index in [9.17, 15) is 9.59 Å². The van der Waals surface area contributed by atoms with Crippen LogP contribution in [0.25, 0.3) is 0 Å². The second-order valence-corrected chi connectivity index (χ2v) is 5.18. The molecule has 2 rings (SSSR count). The minimum Gasteiger partial charge on any atom is -0.464 e. The molecule has 0 N–H and O–H groups in total. The number of hydrogen-bond donors (Lipinski definition) is 0. The van der Waals surface area contributed by atoms with Crippen LogP contribution >= 0.6 is 0 Å². The number of methoxy groups -OCH3 is 1. The van der Waals surface area contributed by atoms with Gasteiger partial charge in [0.2, 0.25) is 5.91 Å². The summed E-state index contributed by atoms with van der Waals surface area (Å²) in [6.45, 7) is 3.64. The summed E-state index contributed by atoms with van der Waals surface area (Å²) in [6, 6.07) is 0. The highest BCUT2D eigenvalue weighted by molar-refractivity contribution is 5.88. The Morgan fingerprint density at radius 1 is 1.19 bits per heavy atom. The molecule has 0 bridgehead atoms. The Kier molecular flexibility index (Phi) is 5.30. The van der Waals surface area contributed by atoms with Crippen molar-refractivity contribution < 1.29 is 14.3 Å². The maximum Gasteiger partial charge on any atom is 0.360 e. The molecular formula is C14H22N4O3. The molecule has 1 aliphatic heterocycles. The molecule has 116 valence electrons. The first-order valence-corrected chi connectivity index (χ1v) is 7.45. The number of carbonyl (C=O) groups excluding carboxylic acids is 2. The van der Waals surface area contributed by atoms with Crippen LogP contribution in [0.1, 0.15) is 48.8 Å². The summed E-state index contributed by atoms with van der Waals surface area (Å²) < 4.78 is 6.19. The van der Waals surface area contributed by atoms with Crippen molar-refractivity contribution in [2.75, 3.05) is 20.2 Å². The fourth-order valence-corrected chi connectivity index (χ4v) is 2.61. The summed E-state index contributed by atoms with van der Waals surface area (Å²) in [4.78, 5) is 25.8. The van der Waals surface area contributed by atoms with Crippen LogP contribution < -0.4 is 0 Å². The van der Waals surface area contributed by atoms with Gasteiger partial charge in [0.05, 0.1) is 12.8 Å². The average molecular weight is 294 g/mol. The topological polar surface area (TPSA) is 77.3 Å². The van der Waals surface area contributed by atoms with Gasteiger partial charge in [0, 0.05) is 13.1 Å². The standard InChI is InChI=1S/C14H22N4O3/c1-3-11-13(14(20)21-2)15-16-18(11)10-12(19)17-8-6-4-5-7-9-17/h3-10H2,1-2H3. The van der Waals surface area contributed by atoms with Crippen molar-refractivity contribution in [3.63, 3.8) is 0 Å². The van der Waals surface area contributed by atoms with Crippen molar-refractivity contribution >= 4 is 11.9 Å². The van der Waals surface area contributed by atoms with Gasteiger partial charge in [0.1, 0.15) is 6.54 Å². The lowest BCUT2D eigenvalue weighted by Gasteiger charge is -2.20. The first-order chi connectivity index (χ1) is 10.2. The van der Waals surface area contributed by atoms with Gasteiger partial charge in [-0.3, -0.25) is 4.79 Å². The monoisotopic (exact) mass is 294 g/mol. The van der Waals surface area contributed by atoms with Crippen LogP contribution in [-0.2, 0) is 22.5 Å². The normalized spacial score (nSPS) is 15.6. The first kappa shape index (κ1) is 15.5. The number of ether oxygens (including phenoxy) is 1. The molecule has 1 aromatic heterocycles. The number of amides is 1. The summed E-state index contributed by atoms with van der Waals surface area (Å²) >= 11 is 0. The van der Waals surface area contributed by atoms with E-state index in [-0.39, 0.29) is 18.1 Å². The van der Waals surface area contributed by atoms with Gasteiger partial charge < -0.3 is 9.64 Å². The molecule has 0 spiro atoms. The van der Waals surface area contributed by atoms with Crippen LogP contribution in [0.4, 0.5) is 0 Å². The molecule has 0 aliphatic carbocycles. The summed E-state index contributed by atoms with van der Waals surface area (Å²) in [5, 5.41) is 7.77. The number of esters is 1. The highest BCUT2D eigenvalue weighted by atomic mass is 16.5. The number of hydrogen-bond acceptors (Lipinski definition) is 5. The molecule has 0 radical (unpaired) electrons. The SMILES string of the molecule is CCc1c(C(=O)OC)nnn1CC(=O)N1CCCCCC1. The van der Waals surface area contributed by atoms with E-state index in [0.717, 1.165) is 25.9 Å². The van der Waals surface area contributed by atoms with E-state index in [0.29, 0.717) is 12.1 Å². The molecule has 0 unspecified atom stereocenters. The molecular weight excluding hydrogens is 272 g/mol. The molecule has 21 heavy (non-hydrogen) atoms. The molecule has 1 saturated heterocycles. The molecule has 0 atom stereocenters. The molecule has 1 fully saturated rings. The molecule has 0 saturated carbocycles. The van der Waals surface area contributed by atoms with Crippen LogP contribution in [0.2, 0.25) is 0 Å². The molecule has 1 amide bonds. The van der Waals surface area contributed by atoms with E-state index < -0.39 is 5.97 Å². The zero-order valence-corrected chi connectivity index (χ0v) is 12.7. The molecule has 7 nitrogen and oxygen atoms in total. The summed E-state index contributed by atoms with van der Waals surface area (Å²) in [5.74, 6) is -0.478. The quantitative estimate of drug-likeness (QED) is 0.775. The number of carbonyl (C=O) groups is 2. The Morgan fingerprint density at radius 3 is 2.43 bits per heavy atom. The van der Waals surface area contributed by atoms with Crippen LogP contribution in [0, 0.1) is 0 Å². The molecule has 7 heteroatoms. The Hall–Kier alpha value is -1.92. The summed E-state index contributed by atoms with van der Waals surface area (Å²) in [7, 11) is 1.31. The van der Waals surface area contributed by atoms with Crippen molar-refractivity contribution in [2.45, 2.75) is 45.6 Å². The van der Waals surface area contributed by atoms with Crippen molar-refractivity contribution in [3.8, 4) is 0 Å². The van der Waals surface area contributed by atoms with Crippen LogP contribution in [-0.4, -0.2) is 52.0 Å². The number of nitrogens with zero attached hydrogens (tertiary/aromatic N) is 4. The Morgan fingerprint density at radius 2 is 1.86 bits per heavy atom. The lowest BCUT2D eigenvalue weighted by Crippen LogP contribution is -2.35. The average Bonchev–Trinajstić information content (AvgIpc) is 2.72. The number of likely N-dealkylation sites (tertiary alicyclic amines) is 1. The van der Waals surface area contributed by atoms with Crippen molar-refractivity contribution in [3.05, 3.63) is 11.4 Å². The minimum absolute atomic E-state index is 0.0351. The number of rotatable bonds is 4. The molecule has 1 aliphatic rings. The van der Waals surface area contributed by atoms with Crippen molar-refractivity contribution in [1.82, 2.24) is 19.9 Å². The third-order valence-corrected chi connectivity index (χ3v) is 3.80. The molecule has 1 aromatic rings. The maximum absolute atomic E-state index is 12.4. The van der Waals surface area contributed by atoms with Gasteiger partial charge in [0.15, 0.2) is 5.69 Å². The largest absolute Gasteiger partial charge is 0.464 e. The van der Waals surface area contributed by atoms with Gasteiger partial charge in [-0.1, -0.05) is 25.0 Å². The van der Waals surface area contributed by atoms with Gasteiger partial charge in [-0.15, -0.1) is 5.10 Å². The van der Waals surface area contributed by atoms with Gasteiger partial charge in [-0.25, -0.2) is 9.48 Å². The third-order valence-electron chi connectivity index (χ3n) is 3.80. The fraction of sp³-hybridized carbons (Fsp3) is 0.714. The Balaban J connectivity index is 2.09. The van der Waals surface area contributed by atoms with E-state index in [4.69, 9.17) is 0 Å². The van der Waals surface area contributed by atoms with E-state index in [1.54, 1.807) is 0 Å². The lowest BCUT2D eigenvalue weighted by molar-refractivity contribution is -0.132. The van der Waals surface area contributed by atoms with Gasteiger partial charge in [-0.05, 0) is 19.3 Å². The van der Waals surface area contributed by atoms with Crippen LogP contribution in [0.3, 0.4) is 0 Å². The van der Waals surface area contributed by atoms with E-state index >= 15 is 0 Å². The summed E-state index contributed by atoms with van der Waals surface area (Å²) in [6.07, 6.45) is 5.04. The Bertz CT molecular complexity index is 504. The van der Waals surface area contributed by atoms with E-state index in [2.05, 4.69) is 15.0 Å². The van der Waals surface area contributed by atoms with Crippen LogP contribution in [0.15, 0.2) is 0 Å². The predicted octanol–water partition coefficient (Wildman–Crippen LogP) is 1.03. The predicted molar refractivity (Wildman–Crippen MR) is 75.8 cm³/mol. The van der Waals surface area contributed by atoms with Gasteiger partial charge >= 0.3 is 5.97 Å². The second kappa shape index (κ2) is 7.19. The number of aromatic nitrogens is 3. The van der Waals surface area contributed by atoms with E-state index in [1.165, 1.54) is 24.6 Å². The van der Waals surface area contributed by atoms with E-state index in [1.807, 2.05) is 11.8 Å². The molecule has 2 heterocycles. The van der Waals surface area contributed by atoms with Gasteiger partial charge in [-0.2, -0.15) is 0 Å².